The number of H-pyrrole nitrogens is 2. The molecule has 2 aromatic heterocycles. The van der Waals surface area contributed by atoms with Crippen molar-refractivity contribution >= 4 is 11.3 Å². The summed E-state index contributed by atoms with van der Waals surface area (Å²) >= 11 is 1.49. The maximum absolute atomic E-state index is 12.2. The molecule has 0 fully saturated rings. The zero-order chi connectivity index (χ0) is 14.1. The highest BCUT2D eigenvalue weighted by molar-refractivity contribution is 7.13. The molecule has 1 aromatic carbocycles. The zero-order valence-corrected chi connectivity index (χ0v) is 11.6. The van der Waals surface area contributed by atoms with Crippen LogP contribution in [0.4, 0.5) is 0 Å². The van der Waals surface area contributed by atoms with Gasteiger partial charge in [-0.25, -0.2) is 4.79 Å². The molecular weight excluding hydrogens is 272 g/mol. The molecule has 0 unspecified atom stereocenters. The second-order valence-electron chi connectivity index (χ2n) is 4.51. The van der Waals surface area contributed by atoms with Crippen molar-refractivity contribution in [3.05, 3.63) is 68.2 Å². The Bertz CT molecular complexity index is 859. The third-order valence-corrected chi connectivity index (χ3v) is 4.05. The molecule has 0 bridgehead atoms. The van der Waals surface area contributed by atoms with E-state index in [1.54, 1.807) is 0 Å². The minimum absolute atomic E-state index is 0.366. The molecule has 20 heavy (non-hydrogen) atoms. The van der Waals surface area contributed by atoms with Crippen LogP contribution in [-0.4, -0.2) is 9.97 Å². The Kier molecular flexibility index (Phi) is 3.12. The normalized spacial score (nSPS) is 10.7. The van der Waals surface area contributed by atoms with Crippen molar-refractivity contribution < 1.29 is 0 Å². The van der Waals surface area contributed by atoms with Crippen molar-refractivity contribution in [1.29, 1.82) is 0 Å². The monoisotopic (exact) mass is 284 g/mol. The van der Waals surface area contributed by atoms with Crippen LogP contribution in [0, 0.1) is 6.92 Å². The van der Waals surface area contributed by atoms with Crippen LogP contribution in [0.2, 0.25) is 0 Å². The smallest absolute Gasteiger partial charge is 0.306 e. The second kappa shape index (κ2) is 4.94. The average molecular weight is 284 g/mol. The van der Waals surface area contributed by atoms with E-state index in [0.717, 1.165) is 16.0 Å². The predicted molar refractivity (Wildman–Crippen MR) is 81.2 cm³/mol. The van der Waals surface area contributed by atoms with Crippen LogP contribution in [0.25, 0.3) is 21.7 Å². The minimum Gasteiger partial charge on any atom is -0.306 e. The lowest BCUT2D eigenvalue weighted by molar-refractivity contribution is 1.05. The lowest BCUT2D eigenvalue weighted by Crippen LogP contribution is -2.24. The van der Waals surface area contributed by atoms with Crippen LogP contribution in [-0.2, 0) is 0 Å². The van der Waals surface area contributed by atoms with E-state index in [0.29, 0.717) is 11.3 Å². The van der Waals surface area contributed by atoms with Gasteiger partial charge in [-0.1, -0.05) is 30.3 Å². The van der Waals surface area contributed by atoms with Gasteiger partial charge in [0.25, 0.3) is 5.56 Å². The molecule has 0 amide bonds. The summed E-state index contributed by atoms with van der Waals surface area (Å²) in [6.45, 7) is 1.97. The standard InChI is InChI=1S/C15H12N2O2S/c1-9-7-11(20-8-9)12-13(10-5-3-2-4-6-10)16-15(19)17-14(12)18/h2-8H,1H3,(H2,16,17,18,19). The first-order chi connectivity index (χ1) is 9.65. The van der Waals surface area contributed by atoms with E-state index in [-0.39, 0.29) is 5.56 Å². The summed E-state index contributed by atoms with van der Waals surface area (Å²) in [5.41, 5.74) is 2.11. The summed E-state index contributed by atoms with van der Waals surface area (Å²) in [6, 6.07) is 11.3. The molecule has 3 rings (SSSR count). The number of benzene rings is 1. The van der Waals surface area contributed by atoms with Gasteiger partial charge < -0.3 is 4.98 Å². The van der Waals surface area contributed by atoms with Gasteiger partial charge in [0.05, 0.1) is 11.3 Å². The van der Waals surface area contributed by atoms with Crippen LogP contribution in [0.3, 0.4) is 0 Å². The quantitative estimate of drug-likeness (QED) is 0.760. The summed E-state index contributed by atoms with van der Waals surface area (Å²) < 4.78 is 0. The second-order valence-corrected chi connectivity index (χ2v) is 5.42. The van der Waals surface area contributed by atoms with Gasteiger partial charge in [0.1, 0.15) is 0 Å². The highest BCUT2D eigenvalue weighted by Gasteiger charge is 2.14. The molecule has 0 saturated heterocycles. The largest absolute Gasteiger partial charge is 0.326 e. The number of hydrogen-bond donors (Lipinski definition) is 2. The fourth-order valence-electron chi connectivity index (χ4n) is 2.11. The first-order valence-corrected chi connectivity index (χ1v) is 7.00. The van der Waals surface area contributed by atoms with Crippen LogP contribution in [0.5, 0.6) is 0 Å². The zero-order valence-electron chi connectivity index (χ0n) is 10.8. The molecule has 4 nitrogen and oxygen atoms in total. The molecule has 0 atom stereocenters. The molecule has 0 saturated carbocycles. The fraction of sp³-hybridized carbons (Fsp3) is 0.0667. The van der Waals surface area contributed by atoms with Gasteiger partial charge in [-0.15, -0.1) is 11.3 Å². The van der Waals surface area contributed by atoms with Crippen molar-refractivity contribution in [2.45, 2.75) is 6.92 Å². The molecule has 2 N–H and O–H groups in total. The molecule has 0 aliphatic carbocycles. The van der Waals surface area contributed by atoms with E-state index < -0.39 is 5.69 Å². The van der Waals surface area contributed by atoms with Crippen molar-refractivity contribution in [2.24, 2.45) is 0 Å². The van der Waals surface area contributed by atoms with Gasteiger partial charge in [0.15, 0.2) is 0 Å². The molecule has 5 heteroatoms. The Morgan fingerprint density at radius 3 is 2.45 bits per heavy atom. The summed E-state index contributed by atoms with van der Waals surface area (Å²) in [5.74, 6) is 0. The van der Waals surface area contributed by atoms with Crippen LogP contribution in [0.1, 0.15) is 5.56 Å². The molecule has 0 aliphatic rings. The fourth-order valence-corrected chi connectivity index (χ4v) is 3.05. The van der Waals surface area contributed by atoms with Crippen LogP contribution >= 0.6 is 11.3 Å². The van der Waals surface area contributed by atoms with E-state index in [1.165, 1.54) is 11.3 Å². The van der Waals surface area contributed by atoms with Crippen molar-refractivity contribution in [1.82, 2.24) is 9.97 Å². The van der Waals surface area contributed by atoms with E-state index in [1.807, 2.05) is 48.7 Å². The molecule has 0 spiro atoms. The third-order valence-electron chi connectivity index (χ3n) is 2.98. The number of aromatic nitrogens is 2. The number of rotatable bonds is 2. The maximum Gasteiger partial charge on any atom is 0.326 e. The number of thiophene rings is 1. The number of nitrogens with one attached hydrogen (secondary N) is 2. The number of aromatic amines is 2. The summed E-state index contributed by atoms with van der Waals surface area (Å²) in [4.78, 5) is 29.6. The predicted octanol–water partition coefficient (Wildman–Crippen LogP) is 2.77. The van der Waals surface area contributed by atoms with Crippen molar-refractivity contribution in [3.63, 3.8) is 0 Å². The molecule has 0 radical (unpaired) electrons. The molecule has 100 valence electrons. The lowest BCUT2D eigenvalue weighted by atomic mass is 10.1. The van der Waals surface area contributed by atoms with E-state index in [4.69, 9.17) is 0 Å². The van der Waals surface area contributed by atoms with E-state index in [9.17, 15) is 9.59 Å². The SMILES string of the molecule is Cc1csc(-c2c(-c3ccccc3)[nH]c(=O)[nH]c2=O)c1. The van der Waals surface area contributed by atoms with Crippen molar-refractivity contribution in [2.75, 3.05) is 0 Å². The highest BCUT2D eigenvalue weighted by atomic mass is 32.1. The number of aryl methyl sites for hydroxylation is 1. The lowest BCUT2D eigenvalue weighted by Gasteiger charge is -2.06. The molecule has 0 aliphatic heterocycles. The van der Waals surface area contributed by atoms with E-state index >= 15 is 0 Å². The Labute approximate surface area is 118 Å². The van der Waals surface area contributed by atoms with Gasteiger partial charge in [0, 0.05) is 4.88 Å². The van der Waals surface area contributed by atoms with Gasteiger partial charge in [0.2, 0.25) is 0 Å². The average Bonchev–Trinajstić information content (AvgIpc) is 2.85. The first kappa shape index (κ1) is 12.6. The van der Waals surface area contributed by atoms with Gasteiger partial charge >= 0.3 is 5.69 Å². The summed E-state index contributed by atoms with van der Waals surface area (Å²) in [5, 5.41) is 1.98. The minimum atomic E-state index is -0.495. The molecular formula is C15H12N2O2S. The third kappa shape index (κ3) is 2.23. The van der Waals surface area contributed by atoms with E-state index in [2.05, 4.69) is 9.97 Å². The van der Waals surface area contributed by atoms with Crippen LogP contribution < -0.4 is 11.2 Å². The topological polar surface area (TPSA) is 65.7 Å². The first-order valence-electron chi connectivity index (χ1n) is 6.12. The Morgan fingerprint density at radius 1 is 1.05 bits per heavy atom. The summed E-state index contributed by atoms with van der Waals surface area (Å²) in [6.07, 6.45) is 0. The van der Waals surface area contributed by atoms with Gasteiger partial charge in [-0.2, -0.15) is 0 Å². The van der Waals surface area contributed by atoms with Crippen molar-refractivity contribution in [3.8, 4) is 21.7 Å². The Morgan fingerprint density at radius 2 is 1.80 bits per heavy atom. The maximum atomic E-state index is 12.2. The molecule has 3 aromatic rings. The van der Waals surface area contributed by atoms with Gasteiger partial charge in [-0.3, -0.25) is 9.78 Å². The highest BCUT2D eigenvalue weighted by Crippen LogP contribution is 2.30. The number of hydrogen-bond acceptors (Lipinski definition) is 3. The molecule has 2 heterocycles. The van der Waals surface area contributed by atoms with Crippen LogP contribution in [0.15, 0.2) is 51.4 Å². The Balaban J connectivity index is 2.34. The Hall–Kier alpha value is -2.40. The summed E-state index contributed by atoms with van der Waals surface area (Å²) in [7, 11) is 0. The van der Waals surface area contributed by atoms with Gasteiger partial charge in [-0.05, 0) is 29.5 Å².